The molecule has 3 rings (SSSR count). The van der Waals surface area contributed by atoms with Gasteiger partial charge in [-0.05, 0) is 32.2 Å². The number of nitrogens with zero attached hydrogens (tertiary/aromatic N) is 3. The molecular weight excluding hydrogens is 304 g/mol. The predicted molar refractivity (Wildman–Crippen MR) is 91.7 cm³/mol. The van der Waals surface area contributed by atoms with E-state index in [4.69, 9.17) is 4.52 Å². The standard InChI is InChI=1S/C18H30N4O2/c1-13(2)17-20-16(24-21-17)9-10-19-18(23)14-6-5-11-22(12-14)15-7-3-4-8-15/h13-15H,3-12H2,1-2H3,(H,19,23)/t14-/m1/s1. The van der Waals surface area contributed by atoms with Crippen molar-refractivity contribution >= 4 is 5.91 Å². The van der Waals surface area contributed by atoms with E-state index >= 15 is 0 Å². The molecule has 1 aromatic heterocycles. The number of nitrogens with one attached hydrogen (secondary N) is 1. The number of carbonyl (C=O) groups is 1. The normalized spacial score (nSPS) is 23.0. The number of amides is 1. The predicted octanol–water partition coefficient (Wildman–Crippen LogP) is 2.51. The van der Waals surface area contributed by atoms with Crippen LogP contribution in [0.25, 0.3) is 0 Å². The van der Waals surface area contributed by atoms with Crippen LogP contribution in [0.4, 0.5) is 0 Å². The Morgan fingerprint density at radius 2 is 2.08 bits per heavy atom. The van der Waals surface area contributed by atoms with E-state index in [9.17, 15) is 4.79 Å². The maximum atomic E-state index is 12.5. The van der Waals surface area contributed by atoms with Crippen LogP contribution >= 0.6 is 0 Å². The topological polar surface area (TPSA) is 71.3 Å². The molecule has 1 aliphatic heterocycles. The first kappa shape index (κ1) is 17.4. The molecule has 6 nitrogen and oxygen atoms in total. The molecule has 1 saturated heterocycles. The Morgan fingerprint density at radius 3 is 2.79 bits per heavy atom. The fourth-order valence-electron chi connectivity index (χ4n) is 3.86. The van der Waals surface area contributed by atoms with Gasteiger partial charge >= 0.3 is 0 Å². The SMILES string of the molecule is CC(C)c1noc(CCNC(=O)[C@@H]2CCCN(C3CCCC3)C2)n1. The Labute approximate surface area is 144 Å². The summed E-state index contributed by atoms with van der Waals surface area (Å²) >= 11 is 0. The fraction of sp³-hybridized carbons (Fsp3) is 0.833. The fourth-order valence-corrected chi connectivity index (χ4v) is 3.86. The number of hydrogen-bond acceptors (Lipinski definition) is 5. The van der Waals surface area contributed by atoms with Crippen molar-refractivity contribution in [2.75, 3.05) is 19.6 Å². The van der Waals surface area contributed by atoms with Crippen LogP contribution < -0.4 is 5.32 Å². The second-order valence-corrected chi connectivity index (χ2v) is 7.51. The minimum Gasteiger partial charge on any atom is -0.355 e. The first-order valence-corrected chi connectivity index (χ1v) is 9.47. The van der Waals surface area contributed by atoms with E-state index in [1.807, 2.05) is 13.8 Å². The Bertz CT molecular complexity index is 537. The third kappa shape index (κ3) is 4.35. The van der Waals surface area contributed by atoms with E-state index in [-0.39, 0.29) is 17.7 Å². The highest BCUT2D eigenvalue weighted by atomic mass is 16.5. The highest BCUT2D eigenvalue weighted by molar-refractivity contribution is 5.78. The Hall–Kier alpha value is -1.43. The summed E-state index contributed by atoms with van der Waals surface area (Å²) < 4.78 is 5.22. The highest BCUT2D eigenvalue weighted by Crippen LogP contribution is 2.27. The molecular formula is C18H30N4O2. The molecule has 0 unspecified atom stereocenters. The van der Waals surface area contributed by atoms with Crippen molar-refractivity contribution in [1.82, 2.24) is 20.4 Å². The smallest absolute Gasteiger partial charge is 0.228 e. The minimum absolute atomic E-state index is 0.133. The lowest BCUT2D eigenvalue weighted by Crippen LogP contribution is -2.46. The van der Waals surface area contributed by atoms with Crippen molar-refractivity contribution in [1.29, 1.82) is 0 Å². The molecule has 0 spiro atoms. The van der Waals surface area contributed by atoms with Gasteiger partial charge in [0.15, 0.2) is 5.82 Å². The van der Waals surface area contributed by atoms with Gasteiger partial charge in [-0.15, -0.1) is 0 Å². The summed E-state index contributed by atoms with van der Waals surface area (Å²) in [6, 6.07) is 0.716. The maximum Gasteiger partial charge on any atom is 0.228 e. The summed E-state index contributed by atoms with van der Waals surface area (Å²) in [4.78, 5) is 19.4. The van der Waals surface area contributed by atoms with E-state index in [2.05, 4.69) is 20.4 Å². The summed E-state index contributed by atoms with van der Waals surface area (Å²) in [6.07, 6.45) is 8.06. The summed E-state index contributed by atoms with van der Waals surface area (Å²) in [6.45, 7) is 6.73. The van der Waals surface area contributed by atoms with Gasteiger partial charge in [0.25, 0.3) is 0 Å². The van der Waals surface area contributed by atoms with E-state index < -0.39 is 0 Å². The zero-order chi connectivity index (χ0) is 16.9. The lowest BCUT2D eigenvalue weighted by atomic mass is 9.95. The van der Waals surface area contributed by atoms with Gasteiger partial charge in [-0.25, -0.2) is 0 Å². The third-order valence-electron chi connectivity index (χ3n) is 5.30. The van der Waals surface area contributed by atoms with E-state index in [0.717, 1.165) is 31.8 Å². The van der Waals surface area contributed by atoms with Gasteiger partial charge in [0.1, 0.15) is 0 Å². The molecule has 1 aromatic rings. The molecule has 1 amide bonds. The van der Waals surface area contributed by atoms with Crippen molar-refractivity contribution in [3.63, 3.8) is 0 Å². The van der Waals surface area contributed by atoms with Crippen molar-refractivity contribution < 1.29 is 9.32 Å². The van der Waals surface area contributed by atoms with Gasteiger partial charge in [-0.2, -0.15) is 4.98 Å². The maximum absolute atomic E-state index is 12.5. The molecule has 1 N–H and O–H groups in total. The molecule has 1 atom stereocenters. The quantitative estimate of drug-likeness (QED) is 0.865. The largest absolute Gasteiger partial charge is 0.355 e. The number of aromatic nitrogens is 2. The van der Waals surface area contributed by atoms with Crippen LogP contribution in [0.5, 0.6) is 0 Å². The van der Waals surface area contributed by atoms with Crippen molar-refractivity contribution in [3.05, 3.63) is 11.7 Å². The summed E-state index contributed by atoms with van der Waals surface area (Å²) in [7, 11) is 0. The molecule has 0 bridgehead atoms. The summed E-state index contributed by atoms with van der Waals surface area (Å²) in [5, 5.41) is 7.01. The second kappa shape index (κ2) is 8.10. The number of carbonyl (C=O) groups excluding carboxylic acids is 1. The van der Waals surface area contributed by atoms with E-state index in [1.165, 1.54) is 25.7 Å². The molecule has 2 fully saturated rings. The molecule has 2 aliphatic rings. The molecule has 0 aromatic carbocycles. The summed E-state index contributed by atoms with van der Waals surface area (Å²) in [5.41, 5.74) is 0. The number of likely N-dealkylation sites (tertiary alicyclic amines) is 1. The number of piperidine rings is 1. The molecule has 24 heavy (non-hydrogen) atoms. The third-order valence-corrected chi connectivity index (χ3v) is 5.30. The van der Waals surface area contributed by atoms with Crippen molar-refractivity contribution in [2.45, 2.75) is 70.8 Å². The molecule has 1 saturated carbocycles. The Morgan fingerprint density at radius 1 is 1.29 bits per heavy atom. The number of hydrogen-bond donors (Lipinski definition) is 1. The number of rotatable bonds is 6. The van der Waals surface area contributed by atoms with Crippen LogP contribution in [0.3, 0.4) is 0 Å². The molecule has 1 aliphatic carbocycles. The second-order valence-electron chi connectivity index (χ2n) is 7.51. The average molecular weight is 334 g/mol. The molecule has 6 heteroatoms. The van der Waals surface area contributed by atoms with Gasteiger partial charge < -0.3 is 9.84 Å². The van der Waals surface area contributed by atoms with Gasteiger partial charge in [0.2, 0.25) is 11.8 Å². The van der Waals surface area contributed by atoms with E-state index in [1.54, 1.807) is 0 Å². The molecule has 134 valence electrons. The van der Waals surface area contributed by atoms with Crippen LogP contribution in [-0.2, 0) is 11.2 Å². The van der Waals surface area contributed by atoms with Crippen LogP contribution in [0.1, 0.15) is 70.0 Å². The average Bonchev–Trinajstić information content (AvgIpc) is 3.27. The van der Waals surface area contributed by atoms with Crippen LogP contribution in [0, 0.1) is 5.92 Å². The van der Waals surface area contributed by atoms with E-state index in [0.29, 0.717) is 24.9 Å². The van der Waals surface area contributed by atoms with Crippen LogP contribution in [-0.4, -0.2) is 46.6 Å². The monoisotopic (exact) mass is 334 g/mol. The van der Waals surface area contributed by atoms with Crippen LogP contribution in [0.15, 0.2) is 4.52 Å². The van der Waals surface area contributed by atoms with Crippen LogP contribution in [0.2, 0.25) is 0 Å². The summed E-state index contributed by atoms with van der Waals surface area (Å²) in [5.74, 6) is 1.92. The first-order valence-electron chi connectivity index (χ1n) is 9.47. The Kier molecular flexibility index (Phi) is 5.87. The van der Waals surface area contributed by atoms with Crippen molar-refractivity contribution in [3.8, 4) is 0 Å². The lowest BCUT2D eigenvalue weighted by molar-refractivity contribution is -0.127. The highest BCUT2D eigenvalue weighted by Gasteiger charge is 2.30. The van der Waals surface area contributed by atoms with Gasteiger partial charge in [0, 0.05) is 31.5 Å². The minimum atomic E-state index is 0.133. The van der Waals surface area contributed by atoms with Gasteiger partial charge in [-0.1, -0.05) is 31.8 Å². The van der Waals surface area contributed by atoms with Gasteiger partial charge in [-0.3, -0.25) is 9.69 Å². The molecule has 2 heterocycles. The Balaban J connectivity index is 1.42. The zero-order valence-corrected chi connectivity index (χ0v) is 15.0. The lowest BCUT2D eigenvalue weighted by Gasteiger charge is -2.36. The zero-order valence-electron chi connectivity index (χ0n) is 15.0. The molecule has 0 radical (unpaired) electrons. The van der Waals surface area contributed by atoms with Gasteiger partial charge in [0.05, 0.1) is 5.92 Å². The van der Waals surface area contributed by atoms with Crippen molar-refractivity contribution in [2.24, 2.45) is 5.92 Å². The first-order chi connectivity index (χ1) is 11.6.